The van der Waals surface area contributed by atoms with Crippen LogP contribution in [0.5, 0.6) is 0 Å². The molecule has 1 spiro atoms. The minimum atomic E-state index is -0.350. The van der Waals surface area contributed by atoms with Crippen molar-refractivity contribution in [1.82, 2.24) is 0 Å². The fourth-order valence-electron chi connectivity index (χ4n) is 5.50. The van der Waals surface area contributed by atoms with E-state index in [9.17, 15) is 4.79 Å². The molecular formula is C23H33BO4. The van der Waals surface area contributed by atoms with Crippen LogP contribution in [0.4, 0.5) is 0 Å². The molecule has 0 N–H and O–H groups in total. The number of rotatable bonds is 3. The quantitative estimate of drug-likeness (QED) is 0.565. The molecule has 152 valence electrons. The van der Waals surface area contributed by atoms with Crippen LogP contribution in [0.2, 0.25) is 5.82 Å². The van der Waals surface area contributed by atoms with E-state index >= 15 is 0 Å². The summed E-state index contributed by atoms with van der Waals surface area (Å²) in [5.41, 5.74) is 2.54. The number of esters is 1. The summed E-state index contributed by atoms with van der Waals surface area (Å²) >= 11 is 0. The van der Waals surface area contributed by atoms with Crippen molar-refractivity contribution in [3.8, 4) is 0 Å². The van der Waals surface area contributed by atoms with E-state index < -0.39 is 0 Å². The molecule has 28 heavy (non-hydrogen) atoms. The van der Waals surface area contributed by atoms with Gasteiger partial charge in [0.1, 0.15) is 0 Å². The van der Waals surface area contributed by atoms with Crippen LogP contribution in [0.15, 0.2) is 24.3 Å². The lowest BCUT2D eigenvalue weighted by atomic mass is 9.52. The molecule has 1 aromatic rings. The highest BCUT2D eigenvalue weighted by atomic mass is 16.7. The van der Waals surface area contributed by atoms with Crippen LogP contribution < -0.4 is 0 Å². The Labute approximate surface area is 169 Å². The molecule has 2 atom stereocenters. The van der Waals surface area contributed by atoms with Crippen molar-refractivity contribution in [2.45, 2.75) is 83.2 Å². The molecule has 1 aromatic carbocycles. The van der Waals surface area contributed by atoms with E-state index in [1.165, 1.54) is 18.2 Å². The van der Waals surface area contributed by atoms with Crippen molar-refractivity contribution >= 4 is 13.1 Å². The maximum atomic E-state index is 12.1. The summed E-state index contributed by atoms with van der Waals surface area (Å²) in [6, 6.07) is 8.84. The number of methoxy groups -OCH3 is 1. The van der Waals surface area contributed by atoms with Crippen molar-refractivity contribution in [3.05, 3.63) is 35.4 Å². The van der Waals surface area contributed by atoms with Gasteiger partial charge in [-0.1, -0.05) is 24.3 Å². The van der Waals surface area contributed by atoms with E-state index in [0.717, 1.165) is 32.1 Å². The molecule has 4 rings (SSSR count). The number of ether oxygens (including phenoxy) is 1. The topological polar surface area (TPSA) is 44.8 Å². The van der Waals surface area contributed by atoms with Crippen molar-refractivity contribution in [3.63, 3.8) is 0 Å². The zero-order chi connectivity index (χ0) is 20.2. The summed E-state index contributed by atoms with van der Waals surface area (Å²) < 4.78 is 17.9. The fourth-order valence-corrected chi connectivity index (χ4v) is 5.50. The van der Waals surface area contributed by atoms with E-state index in [1.807, 2.05) is 0 Å². The molecule has 0 aromatic heterocycles. The normalized spacial score (nSPS) is 29.7. The minimum Gasteiger partial charge on any atom is -0.469 e. The van der Waals surface area contributed by atoms with Crippen LogP contribution >= 0.6 is 0 Å². The molecule has 1 heterocycles. The van der Waals surface area contributed by atoms with E-state index in [-0.39, 0.29) is 41.4 Å². The second-order valence-corrected chi connectivity index (χ2v) is 10.2. The molecule has 3 aliphatic rings. The van der Waals surface area contributed by atoms with Gasteiger partial charge >= 0.3 is 13.1 Å². The average molecular weight is 384 g/mol. The average Bonchev–Trinajstić information content (AvgIpc) is 3.09. The smallest absolute Gasteiger partial charge is 0.461 e. The lowest BCUT2D eigenvalue weighted by molar-refractivity contribution is -0.142. The Bertz CT molecular complexity index is 716. The van der Waals surface area contributed by atoms with Crippen molar-refractivity contribution in [2.24, 2.45) is 11.3 Å². The van der Waals surface area contributed by atoms with E-state index in [1.54, 1.807) is 0 Å². The predicted molar refractivity (Wildman–Crippen MR) is 110 cm³/mol. The molecule has 0 radical (unpaired) electrons. The summed E-state index contributed by atoms with van der Waals surface area (Å²) in [6.07, 6.45) is 5.93. The number of hydrogen-bond acceptors (Lipinski definition) is 4. The first-order valence-electron chi connectivity index (χ1n) is 10.6. The van der Waals surface area contributed by atoms with E-state index in [2.05, 4.69) is 52.0 Å². The first-order chi connectivity index (χ1) is 13.1. The largest absolute Gasteiger partial charge is 0.469 e. The molecule has 1 saturated heterocycles. The molecule has 2 unspecified atom stereocenters. The van der Waals surface area contributed by atoms with Crippen LogP contribution in [-0.4, -0.2) is 31.4 Å². The number of benzene rings is 1. The van der Waals surface area contributed by atoms with E-state index in [4.69, 9.17) is 14.0 Å². The second kappa shape index (κ2) is 6.88. The minimum absolute atomic E-state index is 0.128. The first kappa shape index (κ1) is 20.0. The zero-order valence-corrected chi connectivity index (χ0v) is 17.9. The van der Waals surface area contributed by atoms with Gasteiger partial charge in [-0.25, -0.2) is 0 Å². The molecule has 0 amide bonds. The SMILES string of the molecule is COC(=O)CC1CCC2(Cc3ccccc3C2)CC1B1OC(C)(C)C(C)(C)O1. The monoisotopic (exact) mass is 384 g/mol. The Morgan fingerprint density at radius 2 is 1.68 bits per heavy atom. The van der Waals surface area contributed by atoms with Gasteiger partial charge in [0.15, 0.2) is 0 Å². The summed E-state index contributed by atoms with van der Waals surface area (Å²) in [5.74, 6) is 0.330. The first-order valence-corrected chi connectivity index (χ1v) is 10.6. The highest BCUT2D eigenvalue weighted by Gasteiger charge is 2.58. The van der Waals surface area contributed by atoms with Crippen LogP contribution in [0.3, 0.4) is 0 Å². The Morgan fingerprint density at radius 3 is 2.21 bits per heavy atom. The van der Waals surface area contributed by atoms with Crippen LogP contribution in [0, 0.1) is 11.3 Å². The third-order valence-corrected chi connectivity index (χ3v) is 7.85. The highest BCUT2D eigenvalue weighted by Crippen LogP contribution is 2.56. The maximum Gasteiger partial charge on any atom is 0.461 e. The predicted octanol–water partition coefficient (Wildman–Crippen LogP) is 4.60. The van der Waals surface area contributed by atoms with Gasteiger partial charge in [-0.15, -0.1) is 0 Å². The Kier molecular flexibility index (Phi) is 4.90. The van der Waals surface area contributed by atoms with Gasteiger partial charge in [-0.2, -0.15) is 0 Å². The third kappa shape index (κ3) is 3.41. The lowest BCUT2D eigenvalue weighted by Crippen LogP contribution is -2.41. The number of carbonyl (C=O) groups is 1. The van der Waals surface area contributed by atoms with Gasteiger partial charge in [0.25, 0.3) is 0 Å². The van der Waals surface area contributed by atoms with Crippen molar-refractivity contribution in [2.75, 3.05) is 7.11 Å². The van der Waals surface area contributed by atoms with Crippen LogP contribution in [0.25, 0.3) is 0 Å². The molecular weight excluding hydrogens is 351 g/mol. The summed E-state index contributed by atoms with van der Waals surface area (Å²) in [6.45, 7) is 8.41. The molecule has 1 saturated carbocycles. The molecule has 2 aliphatic carbocycles. The van der Waals surface area contributed by atoms with Crippen molar-refractivity contribution < 1.29 is 18.8 Å². The standard InChI is InChI=1S/C23H33BO4/c1-21(2)22(3,4)28-24(27-21)19-15-23(11-10-16(19)12-20(25)26-5)13-17-8-6-7-9-18(17)14-23/h6-9,16,19H,10-15H2,1-5H3. The van der Waals surface area contributed by atoms with Gasteiger partial charge in [0.05, 0.1) is 18.3 Å². The van der Waals surface area contributed by atoms with Crippen molar-refractivity contribution in [1.29, 1.82) is 0 Å². The van der Waals surface area contributed by atoms with Gasteiger partial charge in [-0.05, 0) is 88.1 Å². The summed E-state index contributed by atoms with van der Waals surface area (Å²) in [7, 11) is 1.21. The Morgan fingerprint density at radius 1 is 1.11 bits per heavy atom. The maximum absolute atomic E-state index is 12.1. The highest BCUT2D eigenvalue weighted by molar-refractivity contribution is 6.47. The molecule has 5 heteroatoms. The number of hydrogen-bond donors (Lipinski definition) is 0. The Balaban J connectivity index is 1.59. The summed E-state index contributed by atoms with van der Waals surface area (Å²) in [4.78, 5) is 12.1. The lowest BCUT2D eigenvalue weighted by Gasteiger charge is -2.43. The van der Waals surface area contributed by atoms with Gasteiger partial charge in [-0.3, -0.25) is 4.79 Å². The summed E-state index contributed by atoms with van der Waals surface area (Å²) in [5, 5.41) is 0. The van der Waals surface area contributed by atoms with Gasteiger partial charge < -0.3 is 14.0 Å². The third-order valence-electron chi connectivity index (χ3n) is 7.85. The molecule has 4 nitrogen and oxygen atoms in total. The zero-order valence-electron chi connectivity index (χ0n) is 17.9. The Hall–Kier alpha value is -1.33. The fraction of sp³-hybridized carbons (Fsp3) is 0.696. The molecule has 2 fully saturated rings. The van der Waals surface area contributed by atoms with Gasteiger partial charge in [0.2, 0.25) is 0 Å². The number of carbonyl (C=O) groups excluding carboxylic acids is 1. The number of fused-ring (bicyclic) bond motifs is 1. The molecule has 0 bridgehead atoms. The van der Waals surface area contributed by atoms with Crippen LogP contribution in [-0.2, 0) is 31.7 Å². The second-order valence-electron chi connectivity index (χ2n) is 10.2. The molecule has 1 aliphatic heterocycles. The van der Waals surface area contributed by atoms with Gasteiger partial charge in [0, 0.05) is 6.42 Å². The van der Waals surface area contributed by atoms with Crippen LogP contribution in [0.1, 0.15) is 64.5 Å². The van der Waals surface area contributed by atoms with E-state index in [0.29, 0.717) is 6.42 Å².